The largest absolute Gasteiger partial charge is 0.390 e. The van der Waals surface area contributed by atoms with Crippen molar-refractivity contribution in [3.63, 3.8) is 0 Å². The zero-order valence-electron chi connectivity index (χ0n) is 5.82. The molecule has 1 rings (SSSR count). The maximum Gasteiger partial charge on any atom is 0.191 e. The molecule has 0 aromatic rings. The van der Waals surface area contributed by atoms with Crippen LogP contribution < -0.4 is 0 Å². The van der Waals surface area contributed by atoms with Crippen molar-refractivity contribution in [2.24, 2.45) is 0 Å². The molecule has 1 saturated heterocycles. The molecule has 10 heavy (non-hydrogen) atoms. The van der Waals surface area contributed by atoms with Crippen molar-refractivity contribution in [2.45, 2.75) is 31.3 Å². The lowest BCUT2D eigenvalue weighted by molar-refractivity contribution is -0.289. The monoisotopic (exact) mass is 148 g/mol. The first-order valence-corrected chi connectivity index (χ1v) is 3.26. The highest BCUT2D eigenvalue weighted by atomic mass is 16.6. The Morgan fingerprint density at radius 1 is 1.50 bits per heavy atom. The molecule has 0 aromatic carbocycles. The third kappa shape index (κ3) is 1.29. The van der Waals surface area contributed by atoms with E-state index in [4.69, 9.17) is 14.9 Å². The van der Waals surface area contributed by atoms with Crippen LogP contribution in [0.3, 0.4) is 0 Å². The quantitative estimate of drug-likeness (QED) is 0.405. The molecule has 60 valence electrons. The van der Waals surface area contributed by atoms with Gasteiger partial charge in [-0.15, -0.1) is 0 Å². The van der Waals surface area contributed by atoms with Crippen molar-refractivity contribution in [3.8, 4) is 0 Å². The fourth-order valence-corrected chi connectivity index (χ4v) is 0.987. The summed E-state index contributed by atoms with van der Waals surface area (Å²) in [6.45, 7) is 1.62. The summed E-state index contributed by atoms with van der Waals surface area (Å²) >= 11 is 0. The average Bonchev–Trinajstić information content (AvgIpc) is 1.83. The van der Waals surface area contributed by atoms with Crippen LogP contribution in [0.5, 0.6) is 0 Å². The van der Waals surface area contributed by atoms with Crippen LogP contribution in [0.25, 0.3) is 0 Å². The minimum atomic E-state index is -1.59. The second kappa shape index (κ2) is 2.47. The Kier molecular flexibility index (Phi) is 1.96. The van der Waals surface area contributed by atoms with Gasteiger partial charge in [-0.25, -0.2) is 0 Å². The van der Waals surface area contributed by atoms with E-state index in [1.165, 1.54) is 6.92 Å². The second-order valence-corrected chi connectivity index (χ2v) is 2.70. The molecule has 1 fully saturated rings. The first-order valence-electron chi connectivity index (χ1n) is 3.26. The Bertz CT molecular complexity index is 123. The van der Waals surface area contributed by atoms with Crippen molar-refractivity contribution in [2.75, 3.05) is 6.61 Å². The van der Waals surface area contributed by atoms with E-state index >= 15 is 0 Å². The summed E-state index contributed by atoms with van der Waals surface area (Å²) in [5, 5.41) is 27.3. The fourth-order valence-electron chi connectivity index (χ4n) is 0.987. The molecule has 0 bridgehead atoms. The highest BCUT2D eigenvalue weighted by molar-refractivity contribution is 4.82. The Labute approximate surface area is 59.1 Å². The summed E-state index contributed by atoms with van der Waals surface area (Å²) in [7, 11) is 0. The zero-order valence-corrected chi connectivity index (χ0v) is 5.82. The molecule has 3 N–H and O–H groups in total. The van der Waals surface area contributed by atoms with Crippen molar-refractivity contribution in [1.82, 2.24) is 0 Å². The lowest BCUT2D eigenvalue weighted by atomic mass is 10.0. The maximum absolute atomic E-state index is 9.18. The van der Waals surface area contributed by atoms with Crippen molar-refractivity contribution < 1.29 is 20.1 Å². The van der Waals surface area contributed by atoms with E-state index in [1.54, 1.807) is 0 Å². The first kappa shape index (κ1) is 7.94. The number of hydrogen-bond donors (Lipinski definition) is 3. The molecule has 4 heteroatoms. The van der Waals surface area contributed by atoms with Gasteiger partial charge in [0, 0.05) is 0 Å². The Morgan fingerprint density at radius 2 is 2.10 bits per heavy atom. The normalized spacial score (nSPS) is 49.2. The van der Waals surface area contributed by atoms with Crippen LogP contribution in [-0.2, 0) is 4.74 Å². The van der Waals surface area contributed by atoms with Crippen LogP contribution in [0.15, 0.2) is 0 Å². The SMILES string of the molecule is C[C@@]1(O)OCC[C@H](O)[C@H]1O. The zero-order chi connectivity index (χ0) is 7.78. The van der Waals surface area contributed by atoms with Gasteiger partial charge in [0.2, 0.25) is 0 Å². The van der Waals surface area contributed by atoms with Gasteiger partial charge < -0.3 is 20.1 Å². The number of rotatable bonds is 0. The lowest BCUT2D eigenvalue weighted by Crippen LogP contribution is -2.53. The molecule has 1 heterocycles. The average molecular weight is 148 g/mol. The van der Waals surface area contributed by atoms with Gasteiger partial charge >= 0.3 is 0 Å². The Morgan fingerprint density at radius 3 is 2.50 bits per heavy atom. The van der Waals surface area contributed by atoms with Gasteiger partial charge in [0.1, 0.15) is 6.10 Å². The smallest absolute Gasteiger partial charge is 0.191 e. The van der Waals surface area contributed by atoms with Gasteiger partial charge in [0.05, 0.1) is 12.7 Å². The molecule has 0 aliphatic carbocycles. The Hall–Kier alpha value is -0.160. The predicted octanol–water partition coefficient (Wildman–Crippen LogP) is -1.16. The summed E-state index contributed by atoms with van der Waals surface area (Å²) < 4.78 is 4.79. The van der Waals surface area contributed by atoms with Gasteiger partial charge in [-0.3, -0.25) is 0 Å². The van der Waals surface area contributed by atoms with E-state index in [1.807, 2.05) is 0 Å². The number of hydrogen-bond acceptors (Lipinski definition) is 4. The summed E-state index contributed by atoms with van der Waals surface area (Å²) in [6, 6.07) is 0. The first-order chi connectivity index (χ1) is 4.54. The summed E-state index contributed by atoms with van der Waals surface area (Å²) in [6.07, 6.45) is -1.69. The molecular formula is C6H12O4. The van der Waals surface area contributed by atoms with Crippen LogP contribution in [0.1, 0.15) is 13.3 Å². The molecule has 0 radical (unpaired) electrons. The maximum atomic E-state index is 9.18. The van der Waals surface area contributed by atoms with Crippen LogP contribution in [0, 0.1) is 0 Å². The topological polar surface area (TPSA) is 69.9 Å². The van der Waals surface area contributed by atoms with E-state index < -0.39 is 18.0 Å². The minimum absolute atomic E-state index is 0.283. The molecular weight excluding hydrogens is 136 g/mol. The van der Waals surface area contributed by atoms with E-state index in [0.29, 0.717) is 6.42 Å². The number of ether oxygens (including phenoxy) is 1. The van der Waals surface area contributed by atoms with Crippen LogP contribution in [0.2, 0.25) is 0 Å². The fraction of sp³-hybridized carbons (Fsp3) is 1.00. The van der Waals surface area contributed by atoms with E-state index in [-0.39, 0.29) is 6.61 Å². The molecule has 0 amide bonds. The molecule has 0 unspecified atom stereocenters. The molecule has 1 aliphatic heterocycles. The van der Waals surface area contributed by atoms with Gasteiger partial charge in [-0.2, -0.15) is 0 Å². The molecule has 0 spiro atoms. The van der Waals surface area contributed by atoms with Gasteiger partial charge in [-0.05, 0) is 13.3 Å². The highest BCUT2D eigenvalue weighted by Gasteiger charge is 2.40. The number of aliphatic hydroxyl groups is 3. The van der Waals surface area contributed by atoms with E-state index in [2.05, 4.69) is 0 Å². The minimum Gasteiger partial charge on any atom is -0.390 e. The van der Waals surface area contributed by atoms with Crippen LogP contribution >= 0.6 is 0 Å². The van der Waals surface area contributed by atoms with Gasteiger partial charge in [-0.1, -0.05) is 0 Å². The summed E-state index contributed by atoms with van der Waals surface area (Å²) in [5.74, 6) is -1.59. The molecule has 0 saturated carbocycles. The summed E-state index contributed by atoms with van der Waals surface area (Å²) in [4.78, 5) is 0. The molecule has 4 nitrogen and oxygen atoms in total. The lowest BCUT2D eigenvalue weighted by Gasteiger charge is -2.36. The Balaban J connectivity index is 2.60. The van der Waals surface area contributed by atoms with E-state index in [0.717, 1.165) is 0 Å². The van der Waals surface area contributed by atoms with E-state index in [9.17, 15) is 5.11 Å². The molecule has 3 atom stereocenters. The molecule has 0 aromatic heterocycles. The van der Waals surface area contributed by atoms with Crippen molar-refractivity contribution >= 4 is 0 Å². The third-order valence-electron chi connectivity index (χ3n) is 1.72. The van der Waals surface area contributed by atoms with Gasteiger partial charge in [0.25, 0.3) is 0 Å². The standard InChI is InChI=1S/C6H12O4/c1-6(9)5(8)4(7)2-3-10-6/h4-5,7-9H,2-3H2,1H3/t4-,5+,6+/m0/s1. The van der Waals surface area contributed by atoms with Crippen LogP contribution in [0.4, 0.5) is 0 Å². The third-order valence-corrected chi connectivity index (χ3v) is 1.72. The van der Waals surface area contributed by atoms with Crippen molar-refractivity contribution in [1.29, 1.82) is 0 Å². The second-order valence-electron chi connectivity index (χ2n) is 2.70. The highest BCUT2D eigenvalue weighted by Crippen LogP contribution is 2.22. The van der Waals surface area contributed by atoms with Crippen LogP contribution in [-0.4, -0.2) is 39.9 Å². The van der Waals surface area contributed by atoms with Gasteiger partial charge in [0.15, 0.2) is 5.79 Å². The van der Waals surface area contributed by atoms with Crippen molar-refractivity contribution in [3.05, 3.63) is 0 Å². The number of aliphatic hydroxyl groups excluding tert-OH is 2. The summed E-state index contributed by atoms with van der Waals surface area (Å²) in [5.41, 5.74) is 0. The predicted molar refractivity (Wildman–Crippen MR) is 33.2 cm³/mol. The molecule has 1 aliphatic rings.